The molecule has 2 aromatic rings. The quantitative estimate of drug-likeness (QED) is 0.688. The van der Waals surface area contributed by atoms with Crippen molar-refractivity contribution in [1.82, 2.24) is 4.31 Å². The van der Waals surface area contributed by atoms with Crippen LogP contribution in [0, 0.1) is 0 Å². The van der Waals surface area contributed by atoms with Crippen LogP contribution in [-0.2, 0) is 10.0 Å². The molecule has 0 bridgehead atoms. The van der Waals surface area contributed by atoms with Crippen LogP contribution < -0.4 is 14.2 Å². The van der Waals surface area contributed by atoms with Crippen molar-refractivity contribution in [3.63, 3.8) is 0 Å². The van der Waals surface area contributed by atoms with Crippen LogP contribution in [0.2, 0.25) is 0 Å². The molecule has 0 aliphatic carbocycles. The Morgan fingerprint density at radius 3 is 2.24 bits per heavy atom. The first-order valence-corrected chi connectivity index (χ1v) is 10.2. The topological polar surface area (TPSA) is 65.1 Å². The molecule has 1 saturated heterocycles. The summed E-state index contributed by atoms with van der Waals surface area (Å²) in [4.78, 5) is -0.0978. The van der Waals surface area contributed by atoms with Crippen molar-refractivity contribution >= 4 is 10.0 Å². The third kappa shape index (κ3) is 4.59. The summed E-state index contributed by atoms with van der Waals surface area (Å²) in [6.07, 6.45) is -3.56. The lowest BCUT2D eigenvalue weighted by Crippen LogP contribution is -2.30. The standard InChI is InChI=1S/C19H20F3NO5S/c1-26-17-10-5-13(12-18(17)27-2)16-4-3-11-23(16)29(24,25)15-8-6-14(7-9-15)28-19(20,21)22/h5-10,12,16H,3-4,11H2,1-2H3. The molecule has 0 radical (unpaired) electrons. The fraction of sp³-hybridized carbons (Fsp3) is 0.368. The molecule has 1 fully saturated rings. The molecule has 0 saturated carbocycles. The number of methoxy groups -OCH3 is 2. The average Bonchev–Trinajstić information content (AvgIpc) is 3.17. The van der Waals surface area contributed by atoms with E-state index in [4.69, 9.17) is 9.47 Å². The van der Waals surface area contributed by atoms with Crippen molar-refractivity contribution in [2.24, 2.45) is 0 Å². The van der Waals surface area contributed by atoms with Crippen LogP contribution in [0.4, 0.5) is 13.2 Å². The van der Waals surface area contributed by atoms with E-state index in [0.29, 0.717) is 30.9 Å². The van der Waals surface area contributed by atoms with Crippen molar-refractivity contribution in [2.75, 3.05) is 20.8 Å². The zero-order valence-electron chi connectivity index (χ0n) is 15.8. The van der Waals surface area contributed by atoms with Crippen LogP contribution in [-0.4, -0.2) is 39.8 Å². The second-order valence-corrected chi connectivity index (χ2v) is 8.30. The Hall–Kier alpha value is -2.46. The molecule has 0 N–H and O–H groups in total. The van der Waals surface area contributed by atoms with Crippen molar-refractivity contribution in [1.29, 1.82) is 0 Å². The summed E-state index contributed by atoms with van der Waals surface area (Å²) in [5, 5.41) is 0. The fourth-order valence-electron chi connectivity index (χ4n) is 3.37. The van der Waals surface area contributed by atoms with Crippen molar-refractivity contribution in [3.05, 3.63) is 48.0 Å². The van der Waals surface area contributed by atoms with E-state index in [2.05, 4.69) is 4.74 Å². The number of halogens is 3. The van der Waals surface area contributed by atoms with Crippen LogP contribution in [0.25, 0.3) is 0 Å². The Kier molecular flexibility index (Phi) is 5.95. The third-order valence-corrected chi connectivity index (χ3v) is 6.58. The molecule has 1 aliphatic rings. The van der Waals surface area contributed by atoms with E-state index in [1.165, 1.54) is 18.5 Å². The van der Waals surface area contributed by atoms with E-state index < -0.39 is 28.2 Å². The van der Waals surface area contributed by atoms with Gasteiger partial charge in [0.05, 0.1) is 25.2 Å². The van der Waals surface area contributed by atoms with Crippen LogP contribution in [0.1, 0.15) is 24.4 Å². The van der Waals surface area contributed by atoms with Gasteiger partial charge in [-0.25, -0.2) is 8.42 Å². The van der Waals surface area contributed by atoms with Gasteiger partial charge in [-0.3, -0.25) is 0 Å². The average molecular weight is 431 g/mol. The zero-order valence-corrected chi connectivity index (χ0v) is 16.6. The number of hydrogen-bond donors (Lipinski definition) is 0. The van der Waals surface area contributed by atoms with E-state index in [1.807, 2.05) is 0 Å². The number of alkyl halides is 3. The monoisotopic (exact) mass is 431 g/mol. The highest BCUT2D eigenvalue weighted by Crippen LogP contribution is 2.40. The minimum Gasteiger partial charge on any atom is -0.493 e. The third-order valence-electron chi connectivity index (χ3n) is 4.66. The molecule has 29 heavy (non-hydrogen) atoms. The Morgan fingerprint density at radius 1 is 1.00 bits per heavy atom. The van der Waals surface area contributed by atoms with E-state index in [0.717, 1.165) is 29.8 Å². The molecule has 0 spiro atoms. The van der Waals surface area contributed by atoms with Crippen LogP contribution in [0.5, 0.6) is 17.2 Å². The molecule has 2 aromatic carbocycles. The molecule has 6 nitrogen and oxygen atoms in total. The first-order valence-electron chi connectivity index (χ1n) is 8.75. The molecule has 1 aliphatic heterocycles. The van der Waals surface area contributed by atoms with Gasteiger partial charge in [-0.15, -0.1) is 13.2 Å². The lowest BCUT2D eigenvalue weighted by molar-refractivity contribution is -0.274. The molecule has 0 aromatic heterocycles. The van der Waals surface area contributed by atoms with Crippen molar-refractivity contribution < 1.29 is 35.8 Å². The Morgan fingerprint density at radius 2 is 1.66 bits per heavy atom. The SMILES string of the molecule is COc1ccc(C2CCCN2S(=O)(=O)c2ccc(OC(F)(F)F)cc2)cc1OC. The maximum absolute atomic E-state index is 13.1. The highest BCUT2D eigenvalue weighted by molar-refractivity contribution is 7.89. The normalized spacial score (nSPS) is 17.9. The summed E-state index contributed by atoms with van der Waals surface area (Å²) in [7, 11) is -0.902. The van der Waals surface area contributed by atoms with Crippen LogP contribution in [0.3, 0.4) is 0 Å². The Balaban J connectivity index is 1.88. The molecular formula is C19H20F3NO5S. The summed E-state index contributed by atoms with van der Waals surface area (Å²) in [6, 6.07) is 9.01. The molecule has 3 rings (SSSR count). The number of benzene rings is 2. The minimum absolute atomic E-state index is 0.0978. The highest BCUT2D eigenvalue weighted by Gasteiger charge is 2.37. The van der Waals surface area contributed by atoms with E-state index >= 15 is 0 Å². The predicted molar refractivity (Wildman–Crippen MR) is 98.5 cm³/mol. The van der Waals surface area contributed by atoms with Gasteiger partial charge in [0.1, 0.15) is 5.75 Å². The number of rotatable bonds is 6. The summed E-state index contributed by atoms with van der Waals surface area (Å²) in [6.45, 7) is 0.308. The molecule has 158 valence electrons. The van der Waals surface area contributed by atoms with Gasteiger partial charge >= 0.3 is 6.36 Å². The predicted octanol–water partition coefficient (Wildman–Crippen LogP) is 4.13. The van der Waals surface area contributed by atoms with E-state index in [1.54, 1.807) is 18.2 Å². The Bertz CT molecular complexity index is 961. The lowest BCUT2D eigenvalue weighted by atomic mass is 10.0. The molecular weight excluding hydrogens is 411 g/mol. The maximum Gasteiger partial charge on any atom is 0.573 e. The van der Waals surface area contributed by atoms with Gasteiger partial charge in [-0.05, 0) is 54.8 Å². The van der Waals surface area contributed by atoms with Gasteiger partial charge < -0.3 is 14.2 Å². The second kappa shape index (κ2) is 8.11. The van der Waals surface area contributed by atoms with E-state index in [9.17, 15) is 21.6 Å². The van der Waals surface area contributed by atoms with Crippen LogP contribution >= 0.6 is 0 Å². The molecule has 10 heteroatoms. The minimum atomic E-state index is -4.84. The molecule has 1 heterocycles. The molecule has 1 unspecified atom stereocenters. The fourth-order valence-corrected chi connectivity index (χ4v) is 5.05. The lowest BCUT2D eigenvalue weighted by Gasteiger charge is -2.25. The molecule has 0 amide bonds. The van der Waals surface area contributed by atoms with Crippen LogP contribution in [0.15, 0.2) is 47.4 Å². The van der Waals surface area contributed by atoms with E-state index in [-0.39, 0.29) is 4.90 Å². The largest absolute Gasteiger partial charge is 0.573 e. The summed E-state index contributed by atoms with van der Waals surface area (Å²) in [5.41, 5.74) is 0.751. The maximum atomic E-state index is 13.1. The number of hydrogen-bond acceptors (Lipinski definition) is 5. The second-order valence-electron chi connectivity index (χ2n) is 6.41. The Labute approximate surface area is 166 Å². The highest BCUT2D eigenvalue weighted by atomic mass is 32.2. The zero-order chi connectivity index (χ0) is 21.2. The van der Waals surface area contributed by atoms with Crippen molar-refractivity contribution in [2.45, 2.75) is 30.1 Å². The summed E-state index contributed by atoms with van der Waals surface area (Å²) in [5.74, 6) is 0.543. The van der Waals surface area contributed by atoms with Gasteiger partial charge in [-0.2, -0.15) is 4.31 Å². The molecule has 1 atom stereocenters. The van der Waals surface area contributed by atoms with Crippen molar-refractivity contribution in [3.8, 4) is 17.2 Å². The van der Waals surface area contributed by atoms with Gasteiger partial charge in [-0.1, -0.05) is 6.07 Å². The smallest absolute Gasteiger partial charge is 0.493 e. The summed E-state index contributed by atoms with van der Waals surface area (Å²) < 4.78 is 78.8. The van der Waals surface area contributed by atoms with Gasteiger partial charge in [0, 0.05) is 6.54 Å². The first-order chi connectivity index (χ1) is 13.7. The number of sulfonamides is 1. The van der Waals surface area contributed by atoms with Gasteiger partial charge in [0.15, 0.2) is 11.5 Å². The van der Waals surface area contributed by atoms with Gasteiger partial charge in [0.25, 0.3) is 0 Å². The van der Waals surface area contributed by atoms with Gasteiger partial charge in [0.2, 0.25) is 10.0 Å². The first kappa shape index (κ1) is 21.3. The summed E-state index contributed by atoms with van der Waals surface area (Å²) >= 11 is 0. The number of nitrogens with zero attached hydrogens (tertiary/aromatic N) is 1. The number of ether oxygens (including phenoxy) is 3.